The third-order valence-corrected chi connectivity index (χ3v) is 7.49. The van der Waals surface area contributed by atoms with E-state index in [-0.39, 0.29) is 40.4 Å². The van der Waals surface area contributed by atoms with Gasteiger partial charge in [0, 0.05) is 13.6 Å². The quantitative estimate of drug-likeness (QED) is 0.246. The van der Waals surface area contributed by atoms with Gasteiger partial charge < -0.3 is 4.55 Å². The van der Waals surface area contributed by atoms with Gasteiger partial charge in [-0.2, -0.15) is 0 Å². The van der Waals surface area contributed by atoms with Crippen LogP contribution in [0.3, 0.4) is 0 Å². The number of likely N-dealkylation sites (N-methyl/N-ethyl adjacent to an activating group) is 1. The van der Waals surface area contributed by atoms with Crippen LogP contribution in [0.5, 0.6) is 0 Å². The van der Waals surface area contributed by atoms with E-state index in [0.717, 1.165) is 0 Å². The Bertz CT molecular complexity index is 965. The zero-order valence-electron chi connectivity index (χ0n) is 14.5. The van der Waals surface area contributed by atoms with Gasteiger partial charge in [0.1, 0.15) is 24.4 Å². The Morgan fingerprint density at radius 2 is 1.85 bits per heavy atom. The average Bonchev–Trinajstić information content (AvgIpc) is 3.02. The van der Waals surface area contributed by atoms with Crippen LogP contribution in [0.4, 0.5) is 5.69 Å². The van der Waals surface area contributed by atoms with E-state index in [9.17, 15) is 17.8 Å². The number of thiocarbonyl (C=S) groups is 2. The van der Waals surface area contributed by atoms with Crippen molar-refractivity contribution in [3.8, 4) is 0 Å². The number of hydrazine groups is 1. The predicted octanol–water partition coefficient (Wildman–Crippen LogP) is -0.671. The molecule has 0 radical (unpaired) electrons. The Morgan fingerprint density at radius 3 is 2.41 bits per heavy atom. The van der Waals surface area contributed by atoms with Crippen molar-refractivity contribution < 1.29 is 47.3 Å². The standard InChI is InChI=1S/C14H13N3O4S5.Na/c1-3-16-11(18)10(24-13(16)22)12-15(2)17(14(23)25-12)8-5-4-6-9(7-8)26(19,20)21;/h4-7H,3H2,1-2H3,(H,19,20,21);/q;+1/p-1. The first-order valence-corrected chi connectivity index (χ1v) is 11.1. The molecule has 3 rings (SSSR count). The molecule has 138 valence electrons. The minimum absolute atomic E-state index is 0. The SMILES string of the molecule is CCN1C(=O)C(=C2SC(=S)N(c3cccc(S(=O)(=O)[O-])c3)N2C)SC1=S.[Na+]. The van der Waals surface area contributed by atoms with Gasteiger partial charge in [0.25, 0.3) is 5.91 Å². The molecule has 13 heteroatoms. The number of benzene rings is 1. The minimum atomic E-state index is -4.59. The summed E-state index contributed by atoms with van der Waals surface area (Å²) in [5.41, 5.74) is 0.419. The molecule has 2 aliphatic heterocycles. The molecule has 2 saturated heterocycles. The number of nitrogens with zero attached hydrogens (tertiary/aromatic N) is 3. The van der Waals surface area contributed by atoms with Gasteiger partial charge in [0.05, 0.1) is 10.6 Å². The van der Waals surface area contributed by atoms with Crippen LogP contribution in [0.1, 0.15) is 6.92 Å². The third-order valence-electron chi connectivity index (χ3n) is 3.66. The average molecular weight is 470 g/mol. The van der Waals surface area contributed by atoms with Crippen molar-refractivity contribution in [3.63, 3.8) is 0 Å². The first-order chi connectivity index (χ1) is 12.1. The van der Waals surface area contributed by atoms with Crippen molar-refractivity contribution >= 4 is 78.3 Å². The Balaban J connectivity index is 0.00000261. The topological polar surface area (TPSA) is 84.0 Å². The molecule has 2 heterocycles. The molecule has 0 aliphatic carbocycles. The Hall–Kier alpha value is -0.180. The molecule has 2 fully saturated rings. The summed E-state index contributed by atoms with van der Waals surface area (Å²) in [6.45, 7) is 2.32. The number of hydrogen-bond donors (Lipinski definition) is 0. The van der Waals surface area contributed by atoms with E-state index in [0.29, 0.717) is 30.8 Å². The van der Waals surface area contributed by atoms with Crippen LogP contribution in [0.2, 0.25) is 0 Å². The number of anilines is 1. The zero-order chi connectivity index (χ0) is 19.2. The number of carbonyl (C=O) groups is 1. The maximum Gasteiger partial charge on any atom is 1.00 e. The molecule has 0 bridgehead atoms. The molecule has 0 N–H and O–H groups in total. The monoisotopic (exact) mass is 469 g/mol. The largest absolute Gasteiger partial charge is 1.00 e. The maximum absolute atomic E-state index is 12.6. The van der Waals surface area contributed by atoms with Crippen LogP contribution >= 0.6 is 48.0 Å². The van der Waals surface area contributed by atoms with Gasteiger partial charge in [0.15, 0.2) is 4.32 Å². The summed E-state index contributed by atoms with van der Waals surface area (Å²) in [7, 11) is -2.88. The molecule has 0 aromatic heterocycles. The van der Waals surface area contributed by atoms with Crippen molar-refractivity contribution in [2.75, 3.05) is 18.6 Å². The van der Waals surface area contributed by atoms with E-state index >= 15 is 0 Å². The summed E-state index contributed by atoms with van der Waals surface area (Å²) < 4.78 is 34.7. The molecule has 1 amide bonds. The van der Waals surface area contributed by atoms with Crippen LogP contribution in [0.25, 0.3) is 0 Å². The molecular formula is C14H12N3NaO4S5. The molecule has 0 spiro atoms. The number of rotatable bonds is 3. The molecule has 2 aliphatic rings. The molecule has 7 nitrogen and oxygen atoms in total. The molecule has 0 atom stereocenters. The summed E-state index contributed by atoms with van der Waals surface area (Å²) in [4.78, 5) is 14.2. The fourth-order valence-electron chi connectivity index (χ4n) is 2.45. The van der Waals surface area contributed by atoms with Crippen molar-refractivity contribution in [2.24, 2.45) is 0 Å². The van der Waals surface area contributed by atoms with Crippen LogP contribution in [0.15, 0.2) is 39.1 Å². The molecule has 27 heavy (non-hydrogen) atoms. The van der Waals surface area contributed by atoms with Gasteiger partial charge >= 0.3 is 29.6 Å². The molecule has 0 unspecified atom stereocenters. The summed E-state index contributed by atoms with van der Waals surface area (Å²) in [6.07, 6.45) is 0. The van der Waals surface area contributed by atoms with E-state index in [1.807, 2.05) is 6.92 Å². The van der Waals surface area contributed by atoms with Crippen LogP contribution < -0.4 is 34.6 Å². The van der Waals surface area contributed by atoms with Gasteiger partial charge in [-0.05, 0) is 36.9 Å². The first-order valence-electron chi connectivity index (χ1n) is 7.24. The van der Waals surface area contributed by atoms with Crippen LogP contribution in [-0.4, -0.2) is 51.0 Å². The van der Waals surface area contributed by atoms with Crippen molar-refractivity contribution in [1.29, 1.82) is 0 Å². The fourth-order valence-corrected chi connectivity index (χ4v) is 5.92. The van der Waals surface area contributed by atoms with E-state index in [4.69, 9.17) is 24.4 Å². The summed E-state index contributed by atoms with van der Waals surface area (Å²) in [6, 6.07) is 5.59. The fraction of sp³-hybridized carbons (Fsp3) is 0.214. The summed E-state index contributed by atoms with van der Waals surface area (Å²) >= 11 is 13.0. The first kappa shape index (κ1) is 23.1. The molecule has 1 aromatic carbocycles. The van der Waals surface area contributed by atoms with E-state index < -0.39 is 10.1 Å². The Labute approximate surface area is 198 Å². The van der Waals surface area contributed by atoms with Gasteiger partial charge in [0.2, 0.25) is 0 Å². The zero-order valence-corrected chi connectivity index (χ0v) is 20.6. The second-order valence-corrected chi connectivity index (χ2v) is 9.85. The maximum atomic E-state index is 12.6. The number of carbonyl (C=O) groups excluding carboxylic acids is 1. The second kappa shape index (κ2) is 8.67. The third kappa shape index (κ3) is 4.38. The Kier molecular flexibility index (Phi) is 7.42. The Morgan fingerprint density at radius 1 is 1.19 bits per heavy atom. The van der Waals surface area contributed by atoms with Crippen molar-refractivity contribution in [1.82, 2.24) is 9.91 Å². The number of thioether (sulfide) groups is 2. The molecule has 1 aromatic rings. The van der Waals surface area contributed by atoms with Crippen molar-refractivity contribution in [3.05, 3.63) is 34.2 Å². The molecular weight excluding hydrogens is 457 g/mol. The predicted molar refractivity (Wildman–Crippen MR) is 109 cm³/mol. The van der Waals surface area contributed by atoms with E-state index in [2.05, 4.69) is 0 Å². The van der Waals surface area contributed by atoms with Gasteiger partial charge in [-0.3, -0.25) is 14.7 Å². The van der Waals surface area contributed by atoms with E-state index in [1.54, 1.807) is 23.1 Å². The van der Waals surface area contributed by atoms with E-state index in [1.165, 1.54) is 46.6 Å². The second-order valence-electron chi connectivity index (χ2n) is 5.21. The van der Waals surface area contributed by atoms with Crippen molar-refractivity contribution in [2.45, 2.75) is 11.8 Å². The summed E-state index contributed by atoms with van der Waals surface area (Å²) in [5, 5.41) is 3.84. The minimum Gasteiger partial charge on any atom is -0.744 e. The van der Waals surface area contributed by atoms with Crippen LogP contribution in [-0.2, 0) is 14.9 Å². The number of hydrogen-bond acceptors (Lipinski definition) is 9. The number of amides is 1. The van der Waals surface area contributed by atoms with Gasteiger partial charge in [-0.25, -0.2) is 13.4 Å². The molecule has 0 saturated carbocycles. The summed E-state index contributed by atoms with van der Waals surface area (Å²) in [5.74, 6) is -0.183. The van der Waals surface area contributed by atoms with Gasteiger partial charge in [-0.1, -0.05) is 42.3 Å². The normalized spacial score (nSPS) is 20.6. The smallest absolute Gasteiger partial charge is 0.744 e. The van der Waals surface area contributed by atoms with Crippen LogP contribution in [0, 0.1) is 0 Å². The van der Waals surface area contributed by atoms with Gasteiger partial charge in [-0.15, -0.1) is 0 Å².